The number of aromatic nitrogens is 2. The van der Waals surface area contributed by atoms with Gasteiger partial charge >= 0.3 is 0 Å². The van der Waals surface area contributed by atoms with E-state index in [0.717, 1.165) is 11.3 Å². The second-order valence-corrected chi connectivity index (χ2v) is 6.92. The Balaban J connectivity index is 1.43. The summed E-state index contributed by atoms with van der Waals surface area (Å²) in [6.45, 7) is -0.0131. The Labute approximate surface area is 189 Å². The number of hydrogen-bond donors (Lipinski definition) is 2. The lowest BCUT2D eigenvalue weighted by atomic mass is 10.1. The minimum atomic E-state index is -0.539. The topological polar surface area (TPSA) is 130 Å². The lowest BCUT2D eigenvalue weighted by Gasteiger charge is -2.10. The van der Waals surface area contributed by atoms with Crippen molar-refractivity contribution in [1.82, 2.24) is 10.1 Å². The van der Waals surface area contributed by atoms with E-state index in [-0.39, 0.29) is 18.4 Å². The van der Waals surface area contributed by atoms with Crippen LogP contribution in [-0.2, 0) is 6.61 Å². The Hall–Kier alpha value is -4.66. The van der Waals surface area contributed by atoms with Crippen molar-refractivity contribution in [2.24, 2.45) is 5.73 Å². The van der Waals surface area contributed by atoms with Gasteiger partial charge in [-0.3, -0.25) is 9.59 Å². The maximum atomic E-state index is 12.8. The number of nitrogens with one attached hydrogen (secondary N) is 1. The molecule has 4 rings (SSSR count). The molecule has 0 fully saturated rings. The lowest BCUT2D eigenvalue weighted by Crippen LogP contribution is -2.14. The van der Waals surface area contributed by atoms with Crippen LogP contribution in [0.15, 0.2) is 77.3 Å². The summed E-state index contributed by atoms with van der Waals surface area (Å²) in [7, 11) is 1.59. The third-order valence-corrected chi connectivity index (χ3v) is 4.73. The molecule has 2 amide bonds. The number of amides is 2. The number of rotatable bonds is 8. The van der Waals surface area contributed by atoms with Crippen molar-refractivity contribution in [3.8, 4) is 22.9 Å². The molecule has 0 saturated carbocycles. The quantitative estimate of drug-likeness (QED) is 0.424. The van der Waals surface area contributed by atoms with Gasteiger partial charge in [-0.25, -0.2) is 0 Å². The molecular weight excluding hydrogens is 424 g/mol. The number of carbonyl (C=O) groups excluding carboxylic acids is 2. The molecule has 0 radical (unpaired) electrons. The van der Waals surface area contributed by atoms with Crippen LogP contribution < -0.4 is 20.5 Å². The molecule has 0 bridgehead atoms. The van der Waals surface area contributed by atoms with Crippen molar-refractivity contribution in [1.29, 1.82) is 0 Å². The summed E-state index contributed by atoms with van der Waals surface area (Å²) in [6.07, 6.45) is 0. The molecular formula is C24H20N4O5. The Morgan fingerprint density at radius 3 is 2.42 bits per heavy atom. The monoisotopic (exact) mass is 444 g/mol. The average molecular weight is 444 g/mol. The van der Waals surface area contributed by atoms with Crippen LogP contribution in [0.5, 0.6) is 11.5 Å². The molecule has 0 spiro atoms. The normalized spacial score (nSPS) is 10.5. The van der Waals surface area contributed by atoms with Gasteiger partial charge in [0, 0.05) is 16.8 Å². The van der Waals surface area contributed by atoms with Crippen LogP contribution in [0.4, 0.5) is 5.69 Å². The van der Waals surface area contributed by atoms with Crippen molar-refractivity contribution < 1.29 is 23.6 Å². The van der Waals surface area contributed by atoms with Gasteiger partial charge in [0.25, 0.3) is 11.8 Å². The number of para-hydroxylation sites is 1. The van der Waals surface area contributed by atoms with E-state index in [4.69, 9.17) is 19.7 Å². The second-order valence-electron chi connectivity index (χ2n) is 6.92. The van der Waals surface area contributed by atoms with E-state index in [2.05, 4.69) is 15.5 Å². The van der Waals surface area contributed by atoms with E-state index < -0.39 is 5.91 Å². The maximum Gasteiger partial charge on any atom is 0.264 e. The van der Waals surface area contributed by atoms with Gasteiger partial charge < -0.3 is 25.0 Å². The Morgan fingerprint density at radius 1 is 1.00 bits per heavy atom. The zero-order valence-electron chi connectivity index (χ0n) is 17.6. The fourth-order valence-corrected chi connectivity index (χ4v) is 3.01. The standard InChI is InChI=1S/C24H20N4O5/c1-31-18-12-8-16(9-13-18)23-27-21(33-28-23)14-32-20-5-3-2-4-19(20)24(30)26-17-10-6-15(7-11-17)22(25)29/h2-13H,14H2,1H3,(H2,25,29)(H,26,30). The average Bonchev–Trinajstić information content (AvgIpc) is 3.32. The van der Waals surface area contributed by atoms with Crippen molar-refractivity contribution in [2.45, 2.75) is 6.61 Å². The van der Waals surface area contributed by atoms with E-state index in [1.165, 1.54) is 12.1 Å². The first-order valence-corrected chi connectivity index (χ1v) is 9.93. The van der Waals surface area contributed by atoms with Crippen LogP contribution in [0, 0.1) is 0 Å². The second kappa shape index (κ2) is 9.65. The van der Waals surface area contributed by atoms with E-state index in [0.29, 0.717) is 28.4 Å². The molecule has 166 valence electrons. The van der Waals surface area contributed by atoms with Crippen molar-refractivity contribution in [3.63, 3.8) is 0 Å². The van der Waals surface area contributed by atoms with E-state index in [1.807, 2.05) is 12.1 Å². The molecule has 1 heterocycles. The molecule has 3 N–H and O–H groups in total. The smallest absolute Gasteiger partial charge is 0.264 e. The van der Waals surface area contributed by atoms with E-state index in [9.17, 15) is 9.59 Å². The highest BCUT2D eigenvalue weighted by Crippen LogP contribution is 2.23. The van der Waals surface area contributed by atoms with Gasteiger partial charge in [0.1, 0.15) is 11.5 Å². The molecule has 0 aliphatic carbocycles. The molecule has 33 heavy (non-hydrogen) atoms. The molecule has 9 nitrogen and oxygen atoms in total. The first-order chi connectivity index (χ1) is 16.0. The minimum Gasteiger partial charge on any atom is -0.497 e. The molecule has 0 aliphatic rings. The van der Waals surface area contributed by atoms with Crippen LogP contribution in [0.3, 0.4) is 0 Å². The number of benzene rings is 3. The van der Waals surface area contributed by atoms with Gasteiger partial charge in [-0.2, -0.15) is 4.98 Å². The molecule has 3 aromatic carbocycles. The highest BCUT2D eigenvalue weighted by molar-refractivity contribution is 6.06. The summed E-state index contributed by atoms with van der Waals surface area (Å²) < 4.78 is 16.2. The van der Waals surface area contributed by atoms with Gasteiger partial charge in [-0.15, -0.1) is 0 Å². The predicted octanol–water partition coefficient (Wildman–Crippen LogP) is 3.68. The number of primary amides is 1. The number of hydrogen-bond acceptors (Lipinski definition) is 7. The predicted molar refractivity (Wildman–Crippen MR) is 120 cm³/mol. The number of anilines is 1. The summed E-state index contributed by atoms with van der Waals surface area (Å²) in [6, 6.07) is 20.3. The molecule has 1 aromatic heterocycles. The van der Waals surface area contributed by atoms with Crippen LogP contribution in [0.25, 0.3) is 11.4 Å². The molecule has 9 heteroatoms. The highest BCUT2D eigenvalue weighted by Gasteiger charge is 2.15. The zero-order valence-corrected chi connectivity index (χ0v) is 17.6. The lowest BCUT2D eigenvalue weighted by molar-refractivity contribution is 0.0997. The van der Waals surface area contributed by atoms with Crippen LogP contribution in [0.1, 0.15) is 26.6 Å². The summed E-state index contributed by atoms with van der Waals surface area (Å²) in [5.41, 5.74) is 7.20. The first-order valence-electron chi connectivity index (χ1n) is 9.93. The van der Waals surface area contributed by atoms with Crippen LogP contribution >= 0.6 is 0 Å². The van der Waals surface area contributed by atoms with Gasteiger partial charge in [0.2, 0.25) is 11.7 Å². The molecule has 4 aromatic rings. The number of methoxy groups -OCH3 is 1. The van der Waals surface area contributed by atoms with E-state index >= 15 is 0 Å². The summed E-state index contributed by atoms with van der Waals surface area (Å²) >= 11 is 0. The third-order valence-electron chi connectivity index (χ3n) is 4.73. The van der Waals surface area contributed by atoms with E-state index in [1.54, 1.807) is 55.6 Å². The van der Waals surface area contributed by atoms with Gasteiger partial charge in [0.05, 0.1) is 12.7 Å². The van der Waals surface area contributed by atoms with Crippen molar-refractivity contribution in [2.75, 3.05) is 12.4 Å². The van der Waals surface area contributed by atoms with Crippen molar-refractivity contribution in [3.05, 3.63) is 89.8 Å². The largest absolute Gasteiger partial charge is 0.497 e. The SMILES string of the molecule is COc1ccc(-c2noc(COc3ccccc3C(=O)Nc3ccc(C(N)=O)cc3)n2)cc1. The minimum absolute atomic E-state index is 0.0131. The van der Waals surface area contributed by atoms with Crippen LogP contribution in [-0.4, -0.2) is 29.1 Å². The fraction of sp³-hybridized carbons (Fsp3) is 0.0833. The number of ether oxygens (including phenoxy) is 2. The zero-order chi connectivity index (χ0) is 23.2. The maximum absolute atomic E-state index is 12.8. The molecule has 0 unspecified atom stereocenters. The molecule has 0 saturated heterocycles. The summed E-state index contributed by atoms with van der Waals surface area (Å²) in [4.78, 5) is 28.3. The fourth-order valence-electron chi connectivity index (χ4n) is 3.01. The molecule has 0 aliphatic heterocycles. The third kappa shape index (κ3) is 5.16. The Kier molecular flexibility index (Phi) is 6.31. The first kappa shape index (κ1) is 21.6. The number of carbonyl (C=O) groups is 2. The summed E-state index contributed by atoms with van der Waals surface area (Å²) in [5, 5.41) is 6.73. The number of nitrogens with zero attached hydrogens (tertiary/aromatic N) is 2. The highest BCUT2D eigenvalue weighted by atomic mass is 16.5. The van der Waals surface area contributed by atoms with Gasteiger partial charge in [-0.1, -0.05) is 17.3 Å². The number of nitrogens with two attached hydrogens (primary N) is 1. The Morgan fingerprint density at radius 2 is 1.73 bits per heavy atom. The van der Waals surface area contributed by atoms with Gasteiger partial charge in [0.15, 0.2) is 6.61 Å². The van der Waals surface area contributed by atoms with Crippen LogP contribution in [0.2, 0.25) is 0 Å². The van der Waals surface area contributed by atoms with Gasteiger partial charge in [-0.05, 0) is 60.7 Å². The molecule has 0 atom stereocenters. The summed E-state index contributed by atoms with van der Waals surface area (Å²) in [5.74, 6) is 0.849. The van der Waals surface area contributed by atoms with Crippen molar-refractivity contribution >= 4 is 17.5 Å². The Bertz CT molecular complexity index is 1270.